The first kappa shape index (κ1) is 16.4. The Morgan fingerprint density at radius 2 is 1.81 bits per heavy atom. The zero-order chi connectivity index (χ0) is 12.7. The molecule has 5 heteroatoms. The third-order valence-electron chi connectivity index (χ3n) is 4.29. The van der Waals surface area contributed by atoms with Gasteiger partial charge < -0.3 is 4.74 Å². The predicted molar refractivity (Wildman–Crippen MR) is 95.3 cm³/mol. The molecule has 2 bridgehead atoms. The maximum Gasteiger partial charge on any atom is 0.233 e. The Balaban J connectivity index is 0.000000807. The highest BCUT2D eigenvalue weighted by atomic mass is 127. The van der Waals surface area contributed by atoms with Crippen LogP contribution in [0, 0.1) is 5.92 Å². The van der Waals surface area contributed by atoms with E-state index in [0.29, 0.717) is 11.8 Å². The largest absolute Gasteiger partial charge is 0.472 e. The molecule has 0 radical (unpaired) electrons. The molecule has 3 aliphatic heterocycles. The van der Waals surface area contributed by atoms with Crippen LogP contribution >= 0.6 is 24.0 Å². The van der Waals surface area contributed by atoms with Crippen LogP contribution in [0.25, 0.3) is 11.0 Å². The fraction of sp³-hybridized carbons (Fsp3) is 0.500. The summed E-state index contributed by atoms with van der Waals surface area (Å²) in [4.78, 5) is 11.4. The number of ether oxygens (including phenoxy) is 1. The average molecular weight is 399 g/mol. The van der Waals surface area contributed by atoms with Gasteiger partial charge in [0, 0.05) is 6.54 Å². The molecular weight excluding hydrogens is 377 g/mol. The SMILES string of the molecule is C.I.c1ccc2nc(OC3CN4CCC3CC4)cnc2c1. The van der Waals surface area contributed by atoms with Gasteiger partial charge in [0.15, 0.2) is 0 Å². The molecule has 3 aliphatic rings. The molecule has 2 aromatic rings. The van der Waals surface area contributed by atoms with E-state index in [0.717, 1.165) is 17.6 Å². The number of benzene rings is 1. The van der Waals surface area contributed by atoms with Crippen LogP contribution in [0.3, 0.4) is 0 Å². The number of halogens is 1. The molecule has 5 rings (SSSR count). The van der Waals surface area contributed by atoms with Crippen LogP contribution in [0.2, 0.25) is 0 Å². The lowest BCUT2D eigenvalue weighted by Crippen LogP contribution is -2.52. The quantitative estimate of drug-likeness (QED) is 0.727. The minimum absolute atomic E-state index is 0. The van der Waals surface area contributed by atoms with Crippen LogP contribution in [-0.2, 0) is 0 Å². The van der Waals surface area contributed by atoms with Crippen molar-refractivity contribution in [3.63, 3.8) is 0 Å². The van der Waals surface area contributed by atoms with Gasteiger partial charge >= 0.3 is 0 Å². The Morgan fingerprint density at radius 1 is 1.10 bits per heavy atom. The van der Waals surface area contributed by atoms with Crippen molar-refractivity contribution in [2.24, 2.45) is 5.92 Å². The van der Waals surface area contributed by atoms with E-state index in [1.54, 1.807) is 6.20 Å². The summed E-state index contributed by atoms with van der Waals surface area (Å²) in [5, 5.41) is 0. The first-order valence-electron chi connectivity index (χ1n) is 6.99. The Kier molecular flexibility index (Phi) is 5.37. The van der Waals surface area contributed by atoms with Crippen LogP contribution in [0.15, 0.2) is 30.5 Å². The lowest BCUT2D eigenvalue weighted by atomic mass is 9.86. The number of hydrogen-bond acceptors (Lipinski definition) is 4. The summed E-state index contributed by atoms with van der Waals surface area (Å²) in [7, 11) is 0. The van der Waals surface area contributed by atoms with Crippen LogP contribution in [-0.4, -0.2) is 40.6 Å². The zero-order valence-corrected chi connectivity index (χ0v) is 13.6. The Labute approximate surface area is 142 Å². The Bertz CT molecular complexity index is 599. The third kappa shape index (κ3) is 3.29. The molecule has 3 saturated heterocycles. The molecule has 114 valence electrons. The molecule has 1 unspecified atom stereocenters. The van der Waals surface area contributed by atoms with Crippen LogP contribution in [0.1, 0.15) is 20.3 Å². The van der Waals surface area contributed by atoms with E-state index in [2.05, 4.69) is 14.9 Å². The third-order valence-corrected chi connectivity index (χ3v) is 4.29. The van der Waals surface area contributed by atoms with Gasteiger partial charge in [-0.15, -0.1) is 24.0 Å². The highest BCUT2D eigenvalue weighted by Crippen LogP contribution is 2.30. The molecule has 1 aromatic carbocycles. The number of para-hydroxylation sites is 2. The van der Waals surface area contributed by atoms with E-state index in [-0.39, 0.29) is 37.5 Å². The smallest absolute Gasteiger partial charge is 0.233 e. The molecule has 4 nitrogen and oxygen atoms in total. The lowest BCUT2D eigenvalue weighted by molar-refractivity contribution is -0.00994. The van der Waals surface area contributed by atoms with Crippen molar-refractivity contribution < 1.29 is 4.74 Å². The molecule has 0 N–H and O–H groups in total. The van der Waals surface area contributed by atoms with Crippen molar-refractivity contribution >= 4 is 35.0 Å². The van der Waals surface area contributed by atoms with Gasteiger partial charge in [-0.05, 0) is 44.0 Å². The van der Waals surface area contributed by atoms with E-state index >= 15 is 0 Å². The number of aromatic nitrogens is 2. The molecule has 1 aromatic heterocycles. The van der Waals surface area contributed by atoms with Gasteiger partial charge in [0.2, 0.25) is 5.88 Å². The van der Waals surface area contributed by atoms with Crippen LogP contribution < -0.4 is 4.74 Å². The summed E-state index contributed by atoms with van der Waals surface area (Å²) in [5.41, 5.74) is 1.82. The van der Waals surface area contributed by atoms with Crippen molar-refractivity contribution in [2.45, 2.75) is 26.4 Å². The summed E-state index contributed by atoms with van der Waals surface area (Å²) in [6.45, 7) is 3.50. The number of nitrogens with zero attached hydrogens (tertiary/aromatic N) is 3. The highest BCUT2D eigenvalue weighted by molar-refractivity contribution is 14.0. The van der Waals surface area contributed by atoms with Gasteiger partial charge in [-0.3, -0.25) is 4.90 Å². The number of rotatable bonds is 2. The standard InChI is InChI=1S/C15H17N3O.CH4.HI/c1-2-4-13-12(3-1)16-9-15(17-13)19-14-10-18-7-5-11(14)6-8-18;;/h1-4,9,11,14H,5-8,10H2;1H4;1H. The Hall–Kier alpha value is -0.950. The second-order valence-electron chi connectivity index (χ2n) is 5.49. The van der Waals surface area contributed by atoms with E-state index in [1.165, 1.54) is 25.9 Å². The van der Waals surface area contributed by atoms with Gasteiger partial charge in [0.05, 0.1) is 17.2 Å². The summed E-state index contributed by atoms with van der Waals surface area (Å²) >= 11 is 0. The van der Waals surface area contributed by atoms with Gasteiger partial charge in [0.25, 0.3) is 0 Å². The number of fused-ring (bicyclic) bond motifs is 4. The highest BCUT2D eigenvalue weighted by Gasteiger charge is 2.35. The monoisotopic (exact) mass is 399 g/mol. The van der Waals surface area contributed by atoms with Gasteiger partial charge in [-0.1, -0.05) is 19.6 Å². The number of piperidine rings is 3. The van der Waals surface area contributed by atoms with Gasteiger partial charge in [-0.2, -0.15) is 0 Å². The normalized spacial score (nSPS) is 26.8. The molecule has 0 saturated carbocycles. The fourth-order valence-electron chi connectivity index (χ4n) is 3.20. The van der Waals surface area contributed by atoms with Crippen molar-refractivity contribution in [1.82, 2.24) is 14.9 Å². The molecule has 1 atom stereocenters. The van der Waals surface area contributed by atoms with E-state index in [1.807, 2.05) is 24.3 Å². The van der Waals surface area contributed by atoms with Crippen LogP contribution in [0.5, 0.6) is 5.88 Å². The molecule has 3 fully saturated rings. The maximum atomic E-state index is 6.08. The predicted octanol–water partition coefficient (Wildman–Crippen LogP) is 3.36. The minimum Gasteiger partial charge on any atom is -0.472 e. The van der Waals surface area contributed by atoms with E-state index in [4.69, 9.17) is 4.74 Å². The molecule has 0 aliphatic carbocycles. The molecule has 0 spiro atoms. The van der Waals surface area contributed by atoms with E-state index in [9.17, 15) is 0 Å². The van der Waals surface area contributed by atoms with Crippen molar-refractivity contribution in [1.29, 1.82) is 0 Å². The fourth-order valence-corrected chi connectivity index (χ4v) is 3.20. The summed E-state index contributed by atoms with van der Waals surface area (Å²) in [6.07, 6.45) is 4.55. The van der Waals surface area contributed by atoms with E-state index < -0.39 is 0 Å². The first-order valence-corrected chi connectivity index (χ1v) is 6.99. The average Bonchev–Trinajstić information content (AvgIpc) is 2.48. The topological polar surface area (TPSA) is 38.2 Å². The van der Waals surface area contributed by atoms with Crippen molar-refractivity contribution in [3.8, 4) is 5.88 Å². The second kappa shape index (κ2) is 6.87. The lowest BCUT2D eigenvalue weighted by Gasteiger charge is -2.44. The molecule has 21 heavy (non-hydrogen) atoms. The summed E-state index contributed by atoms with van der Waals surface area (Å²) in [5.74, 6) is 1.36. The summed E-state index contributed by atoms with van der Waals surface area (Å²) < 4.78 is 6.08. The zero-order valence-electron chi connectivity index (χ0n) is 11.2. The van der Waals surface area contributed by atoms with Gasteiger partial charge in [-0.25, -0.2) is 9.97 Å². The maximum absolute atomic E-state index is 6.08. The Morgan fingerprint density at radius 3 is 2.48 bits per heavy atom. The molecule has 4 heterocycles. The number of hydrogen-bond donors (Lipinski definition) is 0. The summed E-state index contributed by atoms with van der Waals surface area (Å²) in [6, 6.07) is 7.91. The molecule has 0 amide bonds. The minimum atomic E-state index is 0. The van der Waals surface area contributed by atoms with Crippen molar-refractivity contribution in [2.75, 3.05) is 19.6 Å². The van der Waals surface area contributed by atoms with Crippen molar-refractivity contribution in [3.05, 3.63) is 30.5 Å². The first-order chi connectivity index (χ1) is 9.38. The molecular formula is C16H22IN3O. The second-order valence-corrected chi connectivity index (χ2v) is 5.49. The van der Waals surface area contributed by atoms with Crippen LogP contribution in [0.4, 0.5) is 0 Å². The van der Waals surface area contributed by atoms with Gasteiger partial charge in [0.1, 0.15) is 6.10 Å².